The molecule has 1 unspecified atom stereocenters. The third kappa shape index (κ3) is 5.06. The lowest BCUT2D eigenvalue weighted by Crippen LogP contribution is -2.42. The van der Waals surface area contributed by atoms with Crippen LogP contribution in [0.25, 0.3) is 0 Å². The molecule has 5 heteroatoms. The number of hydrogen-bond donors (Lipinski definition) is 2. The van der Waals surface area contributed by atoms with Crippen molar-refractivity contribution in [3.8, 4) is 5.75 Å². The lowest BCUT2D eigenvalue weighted by molar-refractivity contribution is -0.122. The van der Waals surface area contributed by atoms with Gasteiger partial charge in [0.25, 0.3) is 0 Å². The Bertz CT molecular complexity index is 365. The molecule has 2 atom stereocenters. The fourth-order valence-corrected chi connectivity index (χ4v) is 1.32. The van der Waals surface area contributed by atoms with Crippen LogP contribution in [-0.4, -0.2) is 24.6 Å². The van der Waals surface area contributed by atoms with Crippen molar-refractivity contribution in [1.82, 2.24) is 5.32 Å². The Kier molecular flexibility index (Phi) is 5.25. The topological polar surface area (TPSA) is 64.4 Å². The molecule has 0 fully saturated rings. The van der Waals surface area contributed by atoms with Gasteiger partial charge in [0.1, 0.15) is 11.9 Å². The molecule has 3 N–H and O–H groups in total. The lowest BCUT2D eigenvalue weighted by atomic mass is 10.3. The molecule has 17 heavy (non-hydrogen) atoms. The minimum atomic E-state index is -0.502. The summed E-state index contributed by atoms with van der Waals surface area (Å²) in [5, 5.41) is 3.36. The molecular weight excluding hydrogens is 240 g/mol. The van der Waals surface area contributed by atoms with E-state index in [1.54, 1.807) is 31.2 Å². The van der Waals surface area contributed by atoms with E-state index in [9.17, 15) is 4.79 Å². The number of amides is 1. The number of nitrogens with one attached hydrogen (secondary N) is 1. The van der Waals surface area contributed by atoms with Gasteiger partial charge in [-0.3, -0.25) is 4.79 Å². The molecule has 0 radical (unpaired) electrons. The summed E-state index contributed by atoms with van der Waals surface area (Å²) >= 11 is 5.76. The molecule has 1 aromatic carbocycles. The molecule has 0 aliphatic rings. The molecule has 4 nitrogen and oxygen atoms in total. The minimum absolute atomic E-state index is 0.126. The number of hydrogen-bond acceptors (Lipinski definition) is 3. The van der Waals surface area contributed by atoms with E-state index in [2.05, 4.69) is 5.32 Å². The number of ether oxygens (including phenoxy) is 1. The first kappa shape index (κ1) is 13.8. The first-order valence-corrected chi connectivity index (χ1v) is 5.82. The quantitative estimate of drug-likeness (QED) is 0.841. The fourth-order valence-electron chi connectivity index (χ4n) is 1.19. The van der Waals surface area contributed by atoms with Gasteiger partial charge < -0.3 is 15.8 Å². The van der Waals surface area contributed by atoms with E-state index >= 15 is 0 Å². The van der Waals surface area contributed by atoms with Crippen LogP contribution in [0.5, 0.6) is 5.75 Å². The number of halogens is 1. The van der Waals surface area contributed by atoms with E-state index in [4.69, 9.17) is 22.1 Å². The van der Waals surface area contributed by atoms with Crippen molar-refractivity contribution in [1.29, 1.82) is 0 Å². The second-order valence-corrected chi connectivity index (χ2v) is 4.35. The van der Waals surface area contributed by atoms with Crippen LogP contribution in [-0.2, 0) is 4.79 Å². The second-order valence-electron chi connectivity index (χ2n) is 3.92. The Balaban J connectivity index is 2.37. The van der Waals surface area contributed by atoms with Gasteiger partial charge >= 0.3 is 0 Å². The maximum absolute atomic E-state index is 11.2. The van der Waals surface area contributed by atoms with Crippen LogP contribution in [0.4, 0.5) is 0 Å². The zero-order valence-corrected chi connectivity index (χ0v) is 10.7. The Morgan fingerprint density at radius 2 is 2.00 bits per heavy atom. The highest BCUT2D eigenvalue weighted by atomic mass is 35.5. The summed E-state index contributed by atoms with van der Waals surface area (Å²) in [6.45, 7) is 3.93. The highest BCUT2D eigenvalue weighted by Gasteiger charge is 2.09. The number of rotatable bonds is 5. The zero-order valence-electron chi connectivity index (χ0n) is 9.94. The smallest absolute Gasteiger partial charge is 0.236 e. The predicted octanol–water partition coefficient (Wildman–Crippen LogP) is 1.57. The van der Waals surface area contributed by atoms with Gasteiger partial charge in [0.05, 0.1) is 12.6 Å². The van der Waals surface area contributed by atoms with Crippen LogP contribution in [0.1, 0.15) is 13.8 Å². The van der Waals surface area contributed by atoms with Crippen LogP contribution in [0.3, 0.4) is 0 Å². The largest absolute Gasteiger partial charge is 0.489 e. The Hall–Kier alpha value is -1.26. The van der Waals surface area contributed by atoms with Gasteiger partial charge in [-0.05, 0) is 38.1 Å². The van der Waals surface area contributed by atoms with E-state index in [1.165, 1.54) is 0 Å². The molecule has 0 aliphatic carbocycles. The molecule has 0 aliphatic heterocycles. The van der Waals surface area contributed by atoms with Crippen LogP contribution in [0.2, 0.25) is 5.02 Å². The van der Waals surface area contributed by atoms with Gasteiger partial charge in [-0.15, -0.1) is 0 Å². The minimum Gasteiger partial charge on any atom is -0.489 e. The average molecular weight is 257 g/mol. The summed E-state index contributed by atoms with van der Waals surface area (Å²) in [7, 11) is 0. The first-order chi connectivity index (χ1) is 7.99. The van der Waals surface area contributed by atoms with E-state index in [0.29, 0.717) is 11.6 Å². The van der Waals surface area contributed by atoms with Crippen molar-refractivity contribution < 1.29 is 9.53 Å². The van der Waals surface area contributed by atoms with Crippen molar-refractivity contribution >= 4 is 17.5 Å². The van der Waals surface area contributed by atoms with Gasteiger partial charge in [-0.1, -0.05) is 11.6 Å². The normalized spacial score (nSPS) is 13.9. The van der Waals surface area contributed by atoms with Crippen molar-refractivity contribution in [3.63, 3.8) is 0 Å². The summed E-state index contributed by atoms with van der Waals surface area (Å²) in [6, 6.07) is 6.57. The summed E-state index contributed by atoms with van der Waals surface area (Å²) in [5.41, 5.74) is 5.42. The molecule has 1 aromatic rings. The lowest BCUT2D eigenvalue weighted by Gasteiger charge is -2.16. The molecule has 0 saturated carbocycles. The maximum atomic E-state index is 11.2. The number of carbonyl (C=O) groups is 1. The van der Waals surface area contributed by atoms with Crippen molar-refractivity contribution in [3.05, 3.63) is 29.3 Å². The number of benzene rings is 1. The maximum Gasteiger partial charge on any atom is 0.236 e. The molecule has 0 spiro atoms. The molecule has 1 amide bonds. The van der Waals surface area contributed by atoms with Gasteiger partial charge in [0.2, 0.25) is 5.91 Å². The van der Waals surface area contributed by atoms with Crippen LogP contribution < -0.4 is 15.8 Å². The Morgan fingerprint density at radius 1 is 1.41 bits per heavy atom. The second kappa shape index (κ2) is 6.47. The third-order valence-electron chi connectivity index (χ3n) is 2.13. The molecule has 94 valence electrons. The summed E-state index contributed by atoms with van der Waals surface area (Å²) < 4.78 is 5.59. The van der Waals surface area contributed by atoms with Gasteiger partial charge in [-0.2, -0.15) is 0 Å². The van der Waals surface area contributed by atoms with Crippen molar-refractivity contribution in [2.75, 3.05) is 6.54 Å². The standard InChI is InChI=1S/C12H17ClN2O2/c1-8(7-15-12(16)9(2)14)17-11-5-3-10(13)4-6-11/h3-6,8-9H,7,14H2,1-2H3,(H,15,16)/t8?,9-/m1/s1. The van der Waals surface area contributed by atoms with Crippen molar-refractivity contribution in [2.45, 2.75) is 26.0 Å². The molecule has 1 rings (SSSR count). The van der Waals surface area contributed by atoms with E-state index < -0.39 is 6.04 Å². The van der Waals surface area contributed by atoms with Gasteiger partial charge in [0, 0.05) is 5.02 Å². The monoisotopic (exact) mass is 256 g/mol. The molecule has 0 aromatic heterocycles. The van der Waals surface area contributed by atoms with Gasteiger partial charge in [0.15, 0.2) is 0 Å². The fraction of sp³-hybridized carbons (Fsp3) is 0.417. The molecule has 0 saturated heterocycles. The van der Waals surface area contributed by atoms with Gasteiger partial charge in [-0.25, -0.2) is 0 Å². The molecule has 0 bridgehead atoms. The summed E-state index contributed by atoms with van der Waals surface area (Å²) in [4.78, 5) is 11.2. The third-order valence-corrected chi connectivity index (χ3v) is 2.38. The highest BCUT2D eigenvalue weighted by molar-refractivity contribution is 6.30. The predicted molar refractivity (Wildman–Crippen MR) is 68.2 cm³/mol. The van der Waals surface area contributed by atoms with Crippen LogP contribution >= 0.6 is 11.6 Å². The van der Waals surface area contributed by atoms with E-state index in [0.717, 1.165) is 5.75 Å². The van der Waals surface area contributed by atoms with Crippen LogP contribution in [0.15, 0.2) is 24.3 Å². The Morgan fingerprint density at radius 3 is 2.53 bits per heavy atom. The summed E-state index contributed by atoms with van der Waals surface area (Å²) in [5.74, 6) is 0.536. The molecule has 0 heterocycles. The van der Waals surface area contributed by atoms with E-state index in [-0.39, 0.29) is 12.0 Å². The van der Waals surface area contributed by atoms with Crippen LogP contribution in [0, 0.1) is 0 Å². The highest BCUT2D eigenvalue weighted by Crippen LogP contribution is 2.16. The summed E-state index contributed by atoms with van der Waals surface area (Å²) in [6.07, 6.45) is -0.126. The molecular formula is C12H17ClN2O2. The Labute approximate surface area is 106 Å². The number of nitrogens with two attached hydrogens (primary N) is 1. The zero-order chi connectivity index (χ0) is 12.8. The van der Waals surface area contributed by atoms with E-state index in [1.807, 2.05) is 6.92 Å². The average Bonchev–Trinajstić information content (AvgIpc) is 2.29. The van der Waals surface area contributed by atoms with Crippen molar-refractivity contribution in [2.24, 2.45) is 5.73 Å². The number of carbonyl (C=O) groups excluding carboxylic acids is 1. The first-order valence-electron chi connectivity index (χ1n) is 5.44. The SMILES string of the molecule is CC(CNC(=O)[C@@H](C)N)Oc1ccc(Cl)cc1.